The van der Waals surface area contributed by atoms with Crippen molar-refractivity contribution < 1.29 is 8.78 Å². The zero-order valence-corrected chi connectivity index (χ0v) is 10.3. The number of hydrogen-bond donors (Lipinski definition) is 2. The van der Waals surface area contributed by atoms with Crippen LogP contribution >= 0.6 is 0 Å². The van der Waals surface area contributed by atoms with Crippen molar-refractivity contribution in [1.82, 2.24) is 9.97 Å². The Morgan fingerprint density at radius 3 is 2.84 bits per heavy atom. The van der Waals surface area contributed by atoms with Gasteiger partial charge < -0.3 is 5.32 Å². The molecule has 1 aromatic heterocycles. The molecule has 0 spiro atoms. The number of aryl methyl sites for hydroxylation is 1. The highest BCUT2D eigenvalue weighted by atomic mass is 19.1. The van der Waals surface area contributed by atoms with Gasteiger partial charge in [-0.05, 0) is 18.6 Å². The minimum atomic E-state index is -0.620. The Labute approximate surface area is 108 Å². The third-order valence-corrected chi connectivity index (χ3v) is 2.48. The second kappa shape index (κ2) is 5.60. The molecule has 0 aliphatic heterocycles. The molecule has 0 saturated heterocycles. The summed E-state index contributed by atoms with van der Waals surface area (Å²) in [4.78, 5) is 18.0. The van der Waals surface area contributed by atoms with E-state index in [4.69, 9.17) is 0 Å². The lowest BCUT2D eigenvalue weighted by Gasteiger charge is -2.07. The van der Waals surface area contributed by atoms with Crippen LogP contribution < -0.4 is 10.9 Å². The minimum absolute atomic E-state index is 0.0724. The molecule has 19 heavy (non-hydrogen) atoms. The molecule has 0 atom stereocenters. The summed E-state index contributed by atoms with van der Waals surface area (Å²) in [5.74, 6) is -1.10. The number of anilines is 2. The van der Waals surface area contributed by atoms with E-state index in [1.807, 2.05) is 6.92 Å². The number of nitrogens with zero attached hydrogens (tertiary/aromatic N) is 1. The van der Waals surface area contributed by atoms with Gasteiger partial charge in [0.15, 0.2) is 0 Å². The predicted molar refractivity (Wildman–Crippen MR) is 68.5 cm³/mol. The molecule has 0 aliphatic rings. The molecule has 0 aliphatic carbocycles. The number of aromatic amines is 1. The number of rotatable bonds is 4. The van der Waals surface area contributed by atoms with Crippen molar-refractivity contribution in [3.05, 3.63) is 51.9 Å². The molecular formula is C13H13F2N3O. The van der Waals surface area contributed by atoms with Gasteiger partial charge in [0.2, 0.25) is 5.95 Å². The maximum atomic E-state index is 13.5. The van der Waals surface area contributed by atoms with Crippen molar-refractivity contribution in [3.8, 4) is 0 Å². The lowest BCUT2D eigenvalue weighted by Crippen LogP contribution is -2.12. The molecular weight excluding hydrogens is 252 g/mol. The highest BCUT2D eigenvalue weighted by molar-refractivity contribution is 5.54. The van der Waals surface area contributed by atoms with Gasteiger partial charge in [-0.25, -0.2) is 13.8 Å². The van der Waals surface area contributed by atoms with Gasteiger partial charge >= 0.3 is 0 Å². The van der Waals surface area contributed by atoms with Crippen LogP contribution in [-0.4, -0.2) is 9.97 Å². The Balaban J connectivity index is 2.32. The van der Waals surface area contributed by atoms with Crippen LogP contribution in [0.15, 0.2) is 29.1 Å². The van der Waals surface area contributed by atoms with Crippen LogP contribution in [0.3, 0.4) is 0 Å². The summed E-state index contributed by atoms with van der Waals surface area (Å²) in [5, 5.41) is 2.57. The number of benzene rings is 1. The van der Waals surface area contributed by atoms with Crippen LogP contribution in [-0.2, 0) is 6.42 Å². The fourth-order valence-corrected chi connectivity index (χ4v) is 1.67. The number of halogens is 2. The largest absolute Gasteiger partial charge is 0.323 e. The van der Waals surface area contributed by atoms with Crippen molar-refractivity contribution >= 4 is 11.6 Å². The van der Waals surface area contributed by atoms with Crippen molar-refractivity contribution in [2.24, 2.45) is 0 Å². The van der Waals surface area contributed by atoms with Crippen molar-refractivity contribution in [2.45, 2.75) is 19.8 Å². The van der Waals surface area contributed by atoms with Gasteiger partial charge in [-0.3, -0.25) is 9.78 Å². The number of nitrogens with one attached hydrogen (secondary N) is 2. The van der Waals surface area contributed by atoms with Crippen LogP contribution in [0.1, 0.15) is 19.0 Å². The first-order chi connectivity index (χ1) is 9.08. The molecule has 4 nitrogen and oxygen atoms in total. The van der Waals surface area contributed by atoms with Crippen molar-refractivity contribution in [1.29, 1.82) is 0 Å². The summed E-state index contributed by atoms with van der Waals surface area (Å²) in [7, 11) is 0. The maximum absolute atomic E-state index is 13.5. The summed E-state index contributed by atoms with van der Waals surface area (Å²) in [6, 6.07) is 4.41. The third kappa shape index (κ3) is 3.37. The quantitative estimate of drug-likeness (QED) is 0.893. The maximum Gasteiger partial charge on any atom is 0.252 e. The molecule has 0 bridgehead atoms. The topological polar surface area (TPSA) is 57.8 Å². The monoisotopic (exact) mass is 265 g/mol. The Bertz CT molecular complexity index is 640. The van der Waals surface area contributed by atoms with Crippen molar-refractivity contribution in [2.75, 3.05) is 5.32 Å². The van der Waals surface area contributed by atoms with E-state index in [9.17, 15) is 13.6 Å². The molecule has 2 N–H and O–H groups in total. The molecule has 0 fully saturated rings. The number of hydrogen-bond acceptors (Lipinski definition) is 3. The smallest absolute Gasteiger partial charge is 0.252 e. The van der Waals surface area contributed by atoms with Crippen molar-refractivity contribution in [3.63, 3.8) is 0 Å². The zero-order valence-electron chi connectivity index (χ0n) is 10.3. The first kappa shape index (κ1) is 13.2. The average molecular weight is 265 g/mol. The Morgan fingerprint density at radius 2 is 2.11 bits per heavy atom. The molecule has 6 heteroatoms. The van der Waals surface area contributed by atoms with E-state index in [1.165, 1.54) is 6.07 Å². The first-order valence-electron chi connectivity index (χ1n) is 5.91. The molecule has 0 saturated carbocycles. The summed E-state index contributed by atoms with van der Waals surface area (Å²) in [6.07, 6.45) is 1.48. The van der Waals surface area contributed by atoms with Gasteiger partial charge in [-0.15, -0.1) is 0 Å². The van der Waals surface area contributed by atoms with E-state index in [-0.39, 0.29) is 17.2 Å². The van der Waals surface area contributed by atoms with Gasteiger partial charge in [0.05, 0.1) is 5.69 Å². The number of H-pyrrole nitrogens is 1. The lowest BCUT2D eigenvalue weighted by atomic mass is 10.2. The fraction of sp³-hybridized carbons (Fsp3) is 0.231. The fourth-order valence-electron chi connectivity index (χ4n) is 1.67. The van der Waals surface area contributed by atoms with Gasteiger partial charge in [0, 0.05) is 17.8 Å². The van der Waals surface area contributed by atoms with Gasteiger partial charge in [0.25, 0.3) is 5.56 Å². The van der Waals surface area contributed by atoms with E-state index in [2.05, 4.69) is 15.3 Å². The van der Waals surface area contributed by atoms with Crippen LogP contribution in [0.5, 0.6) is 0 Å². The molecule has 0 amide bonds. The van der Waals surface area contributed by atoms with E-state index in [1.54, 1.807) is 0 Å². The molecule has 100 valence electrons. The molecule has 0 radical (unpaired) electrons. The second-order valence-electron chi connectivity index (χ2n) is 4.08. The molecule has 0 unspecified atom stereocenters. The average Bonchev–Trinajstić information content (AvgIpc) is 2.33. The van der Waals surface area contributed by atoms with E-state index in [0.717, 1.165) is 24.6 Å². The summed E-state index contributed by atoms with van der Waals surface area (Å²) in [5.41, 5.74) is 0.195. The second-order valence-corrected chi connectivity index (χ2v) is 4.08. The Hall–Kier alpha value is -2.24. The van der Waals surface area contributed by atoms with Crippen LogP contribution in [0.2, 0.25) is 0 Å². The van der Waals surface area contributed by atoms with Gasteiger partial charge in [0.1, 0.15) is 11.6 Å². The van der Waals surface area contributed by atoms with Gasteiger partial charge in [-0.2, -0.15) is 0 Å². The predicted octanol–water partition coefficient (Wildman–Crippen LogP) is 2.74. The third-order valence-electron chi connectivity index (χ3n) is 2.48. The van der Waals surface area contributed by atoms with Crippen LogP contribution in [0, 0.1) is 11.6 Å². The molecule has 1 aromatic carbocycles. The summed E-state index contributed by atoms with van der Waals surface area (Å²) in [6.45, 7) is 1.96. The highest BCUT2D eigenvalue weighted by Gasteiger charge is 2.06. The molecule has 2 rings (SSSR count). The van der Waals surface area contributed by atoms with E-state index in [0.29, 0.717) is 12.1 Å². The van der Waals surface area contributed by atoms with E-state index >= 15 is 0 Å². The Kier molecular flexibility index (Phi) is 3.89. The summed E-state index contributed by atoms with van der Waals surface area (Å²) >= 11 is 0. The van der Waals surface area contributed by atoms with Gasteiger partial charge in [-0.1, -0.05) is 13.3 Å². The molecule has 2 aromatic rings. The number of aromatic nitrogens is 2. The highest BCUT2D eigenvalue weighted by Crippen LogP contribution is 2.18. The lowest BCUT2D eigenvalue weighted by molar-refractivity contribution is 0.603. The minimum Gasteiger partial charge on any atom is -0.323 e. The van der Waals surface area contributed by atoms with Crippen LogP contribution in [0.4, 0.5) is 20.4 Å². The standard InChI is InChI=1S/C13H13F2N3O/c1-2-3-9-7-12(19)18-13(16-9)17-11-6-8(14)4-5-10(11)15/h4-7H,2-3H2,1H3,(H2,16,17,18,19). The first-order valence-corrected chi connectivity index (χ1v) is 5.91. The molecule has 1 heterocycles. The zero-order chi connectivity index (χ0) is 13.8. The normalized spacial score (nSPS) is 10.5. The SMILES string of the molecule is CCCc1cc(=O)[nH]c(Nc2cc(F)ccc2F)n1. The van der Waals surface area contributed by atoms with Crippen LogP contribution in [0.25, 0.3) is 0 Å². The van der Waals surface area contributed by atoms with E-state index < -0.39 is 11.6 Å². The Morgan fingerprint density at radius 1 is 1.32 bits per heavy atom. The summed E-state index contributed by atoms with van der Waals surface area (Å²) < 4.78 is 26.5.